The lowest BCUT2D eigenvalue weighted by Crippen LogP contribution is -2.25. The van der Waals surface area contributed by atoms with E-state index in [2.05, 4.69) is 22.2 Å². The first-order valence-electron chi connectivity index (χ1n) is 6.64. The van der Waals surface area contributed by atoms with Crippen molar-refractivity contribution < 1.29 is 8.78 Å². The summed E-state index contributed by atoms with van der Waals surface area (Å²) in [5, 5.41) is 3.33. The van der Waals surface area contributed by atoms with Crippen molar-refractivity contribution in [2.24, 2.45) is 0 Å². The molecule has 0 amide bonds. The maximum Gasteiger partial charge on any atom is 0.129 e. The van der Waals surface area contributed by atoms with Crippen LogP contribution in [-0.2, 0) is 6.42 Å². The van der Waals surface area contributed by atoms with Gasteiger partial charge in [0.2, 0.25) is 0 Å². The summed E-state index contributed by atoms with van der Waals surface area (Å²) in [4.78, 5) is 8.09. The zero-order chi connectivity index (χ0) is 14.4. The number of aromatic nitrogens is 2. The van der Waals surface area contributed by atoms with Gasteiger partial charge in [0.25, 0.3) is 0 Å². The smallest absolute Gasteiger partial charge is 0.129 e. The Kier molecular flexibility index (Phi) is 5.12. The van der Waals surface area contributed by atoms with Crippen LogP contribution in [0, 0.1) is 11.6 Å². The van der Waals surface area contributed by atoms with Crippen molar-refractivity contribution in [1.29, 1.82) is 0 Å². The fourth-order valence-corrected chi connectivity index (χ4v) is 2.01. The van der Waals surface area contributed by atoms with Gasteiger partial charge in [0.1, 0.15) is 18.0 Å². The Morgan fingerprint density at radius 3 is 2.75 bits per heavy atom. The van der Waals surface area contributed by atoms with Gasteiger partial charge in [-0.05, 0) is 37.1 Å². The lowest BCUT2D eigenvalue weighted by Gasteiger charge is -2.18. The van der Waals surface area contributed by atoms with Gasteiger partial charge in [0.15, 0.2) is 0 Å². The third-order valence-electron chi connectivity index (χ3n) is 3.04. The van der Waals surface area contributed by atoms with E-state index in [1.54, 1.807) is 12.3 Å². The first-order valence-corrected chi connectivity index (χ1v) is 6.64. The molecule has 0 saturated heterocycles. The average Bonchev–Trinajstić information content (AvgIpc) is 2.46. The van der Waals surface area contributed by atoms with Gasteiger partial charge in [0, 0.05) is 12.3 Å². The standard InChI is InChI=1S/C15H17F2N3/c1-2-6-19-15(14-5-7-18-10-20-14)8-11-3-4-12(16)9-13(11)17/h3-5,7,9-10,15,19H,2,6,8H2,1H3. The summed E-state index contributed by atoms with van der Waals surface area (Å²) in [6, 6.07) is 5.35. The van der Waals surface area contributed by atoms with E-state index in [1.165, 1.54) is 18.5 Å². The highest BCUT2D eigenvalue weighted by Crippen LogP contribution is 2.19. The molecule has 1 aromatic carbocycles. The molecule has 3 nitrogen and oxygen atoms in total. The third kappa shape index (κ3) is 3.81. The molecule has 0 saturated carbocycles. The summed E-state index contributed by atoms with van der Waals surface area (Å²) in [6.07, 6.45) is 4.51. The monoisotopic (exact) mass is 277 g/mol. The summed E-state index contributed by atoms with van der Waals surface area (Å²) in [7, 11) is 0. The van der Waals surface area contributed by atoms with E-state index >= 15 is 0 Å². The lowest BCUT2D eigenvalue weighted by atomic mass is 10.0. The summed E-state index contributed by atoms with van der Waals surface area (Å²) in [5.74, 6) is -1.09. The summed E-state index contributed by atoms with van der Waals surface area (Å²) in [5.41, 5.74) is 1.27. The van der Waals surface area contributed by atoms with Gasteiger partial charge >= 0.3 is 0 Å². The number of rotatable bonds is 6. The van der Waals surface area contributed by atoms with Gasteiger partial charge < -0.3 is 5.32 Å². The second-order valence-electron chi connectivity index (χ2n) is 4.58. The van der Waals surface area contributed by atoms with Crippen LogP contribution in [0.1, 0.15) is 30.6 Å². The van der Waals surface area contributed by atoms with Crippen LogP contribution in [0.25, 0.3) is 0 Å². The van der Waals surface area contributed by atoms with Crippen LogP contribution < -0.4 is 5.32 Å². The van der Waals surface area contributed by atoms with Gasteiger partial charge in [-0.15, -0.1) is 0 Å². The fraction of sp³-hybridized carbons (Fsp3) is 0.333. The quantitative estimate of drug-likeness (QED) is 0.882. The molecular weight excluding hydrogens is 260 g/mol. The molecule has 2 rings (SSSR count). The molecule has 1 heterocycles. The predicted octanol–water partition coefficient (Wildman–Crippen LogP) is 3.04. The van der Waals surface area contributed by atoms with Crippen LogP contribution in [-0.4, -0.2) is 16.5 Å². The van der Waals surface area contributed by atoms with Crippen LogP contribution in [0.4, 0.5) is 8.78 Å². The molecule has 0 aliphatic carbocycles. The van der Waals surface area contributed by atoms with E-state index in [0.29, 0.717) is 12.0 Å². The first-order chi connectivity index (χ1) is 9.70. The molecule has 0 radical (unpaired) electrons. The van der Waals surface area contributed by atoms with E-state index in [4.69, 9.17) is 0 Å². The molecule has 0 aliphatic rings. The van der Waals surface area contributed by atoms with E-state index in [0.717, 1.165) is 24.7 Å². The minimum atomic E-state index is -0.564. The Hall–Kier alpha value is -1.88. The molecule has 1 N–H and O–H groups in total. The summed E-state index contributed by atoms with van der Waals surface area (Å²) in [6.45, 7) is 2.86. The molecule has 20 heavy (non-hydrogen) atoms. The zero-order valence-corrected chi connectivity index (χ0v) is 11.3. The maximum absolute atomic E-state index is 13.7. The predicted molar refractivity (Wildman–Crippen MR) is 73.1 cm³/mol. The van der Waals surface area contributed by atoms with Gasteiger partial charge in [-0.3, -0.25) is 0 Å². The van der Waals surface area contributed by atoms with E-state index in [9.17, 15) is 8.78 Å². The second kappa shape index (κ2) is 7.05. The number of hydrogen-bond donors (Lipinski definition) is 1. The molecule has 106 valence electrons. The topological polar surface area (TPSA) is 37.8 Å². The normalized spacial score (nSPS) is 12.3. The molecule has 1 atom stereocenters. The van der Waals surface area contributed by atoms with Crippen molar-refractivity contribution in [2.75, 3.05) is 6.54 Å². The molecule has 0 fully saturated rings. The van der Waals surface area contributed by atoms with Crippen molar-refractivity contribution >= 4 is 0 Å². The van der Waals surface area contributed by atoms with E-state index < -0.39 is 11.6 Å². The Bertz CT molecular complexity index is 546. The lowest BCUT2D eigenvalue weighted by molar-refractivity contribution is 0.499. The summed E-state index contributed by atoms with van der Waals surface area (Å²) < 4.78 is 26.7. The van der Waals surface area contributed by atoms with Crippen LogP contribution in [0.2, 0.25) is 0 Å². The van der Waals surface area contributed by atoms with Gasteiger partial charge in [-0.25, -0.2) is 18.7 Å². The second-order valence-corrected chi connectivity index (χ2v) is 4.58. The highest BCUT2D eigenvalue weighted by atomic mass is 19.1. The van der Waals surface area contributed by atoms with E-state index in [-0.39, 0.29) is 6.04 Å². The maximum atomic E-state index is 13.7. The van der Waals surface area contributed by atoms with Crippen LogP contribution in [0.3, 0.4) is 0 Å². The minimum absolute atomic E-state index is 0.113. The van der Waals surface area contributed by atoms with Gasteiger partial charge in [-0.2, -0.15) is 0 Å². The number of nitrogens with zero attached hydrogens (tertiary/aromatic N) is 2. The minimum Gasteiger partial charge on any atom is -0.308 e. The zero-order valence-electron chi connectivity index (χ0n) is 11.3. The fourth-order valence-electron chi connectivity index (χ4n) is 2.01. The highest BCUT2D eigenvalue weighted by Gasteiger charge is 2.15. The SMILES string of the molecule is CCCNC(Cc1ccc(F)cc1F)c1ccncn1. The summed E-state index contributed by atoms with van der Waals surface area (Å²) >= 11 is 0. The molecule has 1 unspecified atom stereocenters. The van der Waals surface area contributed by atoms with Crippen molar-refractivity contribution in [1.82, 2.24) is 15.3 Å². The Balaban J connectivity index is 2.19. The molecule has 0 spiro atoms. The molecule has 2 aromatic rings. The average molecular weight is 277 g/mol. The van der Waals surface area contributed by atoms with Crippen LogP contribution in [0.15, 0.2) is 36.8 Å². The van der Waals surface area contributed by atoms with Gasteiger partial charge in [0.05, 0.1) is 11.7 Å². The van der Waals surface area contributed by atoms with Crippen molar-refractivity contribution in [2.45, 2.75) is 25.8 Å². The van der Waals surface area contributed by atoms with E-state index in [1.807, 2.05) is 0 Å². The van der Waals surface area contributed by atoms with Crippen molar-refractivity contribution in [3.8, 4) is 0 Å². The largest absolute Gasteiger partial charge is 0.308 e. The van der Waals surface area contributed by atoms with Crippen LogP contribution >= 0.6 is 0 Å². The number of benzene rings is 1. The van der Waals surface area contributed by atoms with Crippen LogP contribution in [0.5, 0.6) is 0 Å². The number of hydrogen-bond acceptors (Lipinski definition) is 3. The third-order valence-corrected chi connectivity index (χ3v) is 3.04. The van der Waals surface area contributed by atoms with Crippen molar-refractivity contribution in [3.05, 3.63) is 59.7 Å². The molecule has 5 heteroatoms. The molecule has 0 bridgehead atoms. The number of halogens is 2. The molecule has 1 aromatic heterocycles. The highest BCUT2D eigenvalue weighted by molar-refractivity contribution is 5.21. The van der Waals surface area contributed by atoms with Gasteiger partial charge in [-0.1, -0.05) is 13.0 Å². The van der Waals surface area contributed by atoms with Crippen molar-refractivity contribution in [3.63, 3.8) is 0 Å². The molecule has 0 aliphatic heterocycles. The first kappa shape index (κ1) is 14.5. The Labute approximate surface area is 117 Å². The number of nitrogens with one attached hydrogen (secondary N) is 1. The molecular formula is C15H17F2N3. The Morgan fingerprint density at radius 2 is 2.10 bits per heavy atom. The Morgan fingerprint density at radius 1 is 1.25 bits per heavy atom.